The molecule has 0 unspecified atom stereocenters. The highest BCUT2D eigenvalue weighted by Gasteiger charge is 2.69. The van der Waals surface area contributed by atoms with Gasteiger partial charge in [-0.05, 0) is 139 Å². The smallest absolute Gasteiger partial charge is 0.156 e. The fourth-order valence-electron chi connectivity index (χ4n) is 12.5. The minimum Gasteiger partial charge on any atom is -0.393 e. The molecular formula is C41H59ClO2. The van der Waals surface area contributed by atoms with Gasteiger partial charge in [-0.15, -0.1) is 0 Å². The summed E-state index contributed by atoms with van der Waals surface area (Å²) in [7, 11) is 0. The van der Waals surface area contributed by atoms with Crippen molar-refractivity contribution in [2.24, 2.45) is 50.7 Å². The predicted octanol–water partition coefficient (Wildman–Crippen LogP) is 11.1. The average molecular weight is 619 g/mol. The van der Waals surface area contributed by atoms with Crippen LogP contribution < -0.4 is 0 Å². The van der Waals surface area contributed by atoms with Crippen molar-refractivity contribution in [1.29, 1.82) is 0 Å². The van der Waals surface area contributed by atoms with Gasteiger partial charge in [-0.25, -0.2) is 0 Å². The Morgan fingerprint density at radius 1 is 0.932 bits per heavy atom. The lowest BCUT2D eigenvalue weighted by Crippen LogP contribution is -2.65. The van der Waals surface area contributed by atoms with Gasteiger partial charge in [-0.2, -0.15) is 0 Å². The summed E-state index contributed by atoms with van der Waals surface area (Å²) in [6, 6.07) is 7.96. The van der Waals surface area contributed by atoms with Crippen LogP contribution in [0.25, 0.3) is 0 Å². The van der Waals surface area contributed by atoms with Crippen LogP contribution in [0.5, 0.6) is 0 Å². The summed E-state index contributed by atoms with van der Waals surface area (Å²) < 4.78 is 0. The molecule has 2 nitrogen and oxygen atoms in total. The second-order valence-electron chi connectivity index (χ2n) is 17.7. The van der Waals surface area contributed by atoms with Crippen LogP contribution in [0.2, 0.25) is 5.02 Å². The van der Waals surface area contributed by atoms with Crippen molar-refractivity contribution in [3.05, 3.63) is 58.1 Å². The maximum Gasteiger partial charge on any atom is 0.156 e. The van der Waals surface area contributed by atoms with Gasteiger partial charge in [-0.3, -0.25) is 4.79 Å². The van der Waals surface area contributed by atoms with Crippen LogP contribution >= 0.6 is 11.6 Å². The van der Waals surface area contributed by atoms with Crippen LogP contribution in [0.15, 0.2) is 47.6 Å². The third-order valence-electron chi connectivity index (χ3n) is 15.2. The zero-order valence-corrected chi connectivity index (χ0v) is 29.7. The molecule has 44 heavy (non-hydrogen) atoms. The molecule has 1 N–H and O–H groups in total. The highest BCUT2D eigenvalue weighted by Crippen LogP contribution is 2.77. The largest absolute Gasteiger partial charge is 0.393 e. The number of fused-ring (bicyclic) bond motifs is 7. The van der Waals surface area contributed by atoms with Crippen LogP contribution in [0.1, 0.15) is 138 Å². The fourth-order valence-corrected chi connectivity index (χ4v) is 12.7. The molecule has 1 aromatic carbocycles. The summed E-state index contributed by atoms with van der Waals surface area (Å²) in [6.07, 6.45) is 16.7. The Hall–Kier alpha value is -1.38. The van der Waals surface area contributed by atoms with Crippen LogP contribution in [-0.4, -0.2) is 17.0 Å². The lowest BCUT2D eigenvalue weighted by atomic mass is 9.33. The van der Waals surface area contributed by atoms with E-state index in [9.17, 15) is 9.90 Å². The number of allylic oxidation sites excluding steroid dienone is 4. The minimum absolute atomic E-state index is 0.00576. The number of aliphatic hydroxyl groups is 1. The van der Waals surface area contributed by atoms with Gasteiger partial charge < -0.3 is 5.11 Å². The van der Waals surface area contributed by atoms with Crippen molar-refractivity contribution in [2.75, 3.05) is 0 Å². The quantitative estimate of drug-likeness (QED) is 0.254. The van der Waals surface area contributed by atoms with Gasteiger partial charge in [0.2, 0.25) is 0 Å². The van der Waals surface area contributed by atoms with E-state index in [1.165, 1.54) is 57.8 Å². The first kappa shape index (κ1) is 32.6. The summed E-state index contributed by atoms with van der Waals surface area (Å²) in [4.78, 5) is 13.4. The molecule has 4 fully saturated rings. The van der Waals surface area contributed by atoms with E-state index in [0.29, 0.717) is 40.9 Å². The fraction of sp³-hybridized carbons (Fsp3) is 0.732. The summed E-state index contributed by atoms with van der Waals surface area (Å²) in [5.74, 6) is 2.86. The Bertz CT molecular complexity index is 1350. The second kappa shape index (κ2) is 11.1. The Balaban J connectivity index is 1.30. The standard InChI is InChI=1S/C41H59ClO2/c1-26(2)31-15-21-41(20-14-30(43)24-27(3)28-10-9-11-29(42)25-28)23-22-39(7)32(36(31)41)12-13-34-38(6)18-17-35(44)37(4,5)33(38)16-19-40(34,39)8/h9-11,14,20,25-27,32-35,44H,12-13,15-19,21-24H2,1-8H3/b20-14+/t27-,32-,33+,34-,35+,38+,39-,40-,41-/m1/s1. The van der Waals surface area contributed by atoms with Gasteiger partial charge in [-0.1, -0.05) is 96.3 Å². The molecule has 0 amide bonds. The Kier molecular flexibility index (Phi) is 8.22. The Morgan fingerprint density at radius 3 is 2.39 bits per heavy atom. The SMILES string of the molecule is CC(C)C1=C2[C@H]3CC[C@@H]4[C@@]5(C)CC[C@H](O)C(C)(C)[C@@H]5CC[C@@]4(C)[C@]3(C)CC[C@@]2(/C=C/C(=O)C[C@@H](C)c2cccc(Cl)c2)CC1. The first-order valence-corrected chi connectivity index (χ1v) is 18.4. The number of hydrogen-bond donors (Lipinski definition) is 1. The van der Waals surface area contributed by atoms with Crippen molar-refractivity contribution in [2.45, 2.75) is 138 Å². The van der Waals surface area contributed by atoms with Gasteiger partial charge in [0.05, 0.1) is 6.10 Å². The summed E-state index contributed by atoms with van der Waals surface area (Å²) in [6.45, 7) is 19.7. The van der Waals surface area contributed by atoms with Crippen LogP contribution in [-0.2, 0) is 4.79 Å². The molecule has 5 aliphatic rings. The molecule has 0 heterocycles. The second-order valence-corrected chi connectivity index (χ2v) is 18.1. The third-order valence-corrected chi connectivity index (χ3v) is 15.5. The molecular weight excluding hydrogens is 560 g/mol. The number of halogens is 1. The van der Waals surface area contributed by atoms with E-state index >= 15 is 0 Å². The zero-order chi connectivity index (χ0) is 31.9. The molecule has 0 bridgehead atoms. The lowest BCUT2D eigenvalue weighted by molar-refractivity contribution is -0.227. The molecule has 5 aliphatic carbocycles. The molecule has 6 rings (SSSR count). The maximum atomic E-state index is 13.4. The topological polar surface area (TPSA) is 37.3 Å². The van der Waals surface area contributed by atoms with Crippen LogP contribution in [0, 0.1) is 50.7 Å². The number of aliphatic hydroxyl groups excluding tert-OH is 1. The van der Waals surface area contributed by atoms with Gasteiger partial charge in [0.25, 0.3) is 0 Å². The molecule has 242 valence electrons. The monoisotopic (exact) mass is 618 g/mol. The highest BCUT2D eigenvalue weighted by molar-refractivity contribution is 6.30. The van der Waals surface area contributed by atoms with Gasteiger partial charge in [0.1, 0.15) is 0 Å². The molecule has 0 spiro atoms. The van der Waals surface area contributed by atoms with E-state index in [2.05, 4.69) is 67.5 Å². The van der Waals surface area contributed by atoms with Crippen molar-refractivity contribution in [3.8, 4) is 0 Å². The number of carbonyl (C=O) groups excluding carboxylic acids is 1. The molecule has 0 saturated heterocycles. The number of carbonyl (C=O) groups is 1. The molecule has 3 heteroatoms. The van der Waals surface area contributed by atoms with Crippen LogP contribution in [0.4, 0.5) is 0 Å². The first-order valence-electron chi connectivity index (χ1n) is 18.0. The van der Waals surface area contributed by atoms with E-state index in [0.717, 1.165) is 17.0 Å². The number of hydrogen-bond acceptors (Lipinski definition) is 2. The normalized spacial score (nSPS) is 42.1. The Morgan fingerprint density at radius 2 is 1.68 bits per heavy atom. The van der Waals surface area contributed by atoms with Crippen molar-refractivity contribution in [3.63, 3.8) is 0 Å². The van der Waals surface area contributed by atoms with Crippen molar-refractivity contribution >= 4 is 17.4 Å². The maximum absolute atomic E-state index is 13.4. The Labute approximate surface area is 273 Å². The van der Waals surface area contributed by atoms with Crippen molar-refractivity contribution < 1.29 is 9.90 Å². The molecule has 1 aromatic rings. The summed E-state index contributed by atoms with van der Waals surface area (Å²) in [5.41, 5.74) is 5.50. The molecule has 0 aromatic heterocycles. The molecule has 0 aliphatic heterocycles. The van der Waals surface area contributed by atoms with E-state index in [-0.39, 0.29) is 34.1 Å². The minimum atomic E-state index is -0.174. The van der Waals surface area contributed by atoms with Gasteiger partial charge >= 0.3 is 0 Å². The highest BCUT2D eigenvalue weighted by atomic mass is 35.5. The number of rotatable bonds is 6. The predicted molar refractivity (Wildman–Crippen MR) is 184 cm³/mol. The molecule has 0 radical (unpaired) electrons. The number of ketones is 1. The van der Waals surface area contributed by atoms with Gasteiger partial charge in [0, 0.05) is 16.9 Å². The third kappa shape index (κ3) is 4.77. The van der Waals surface area contributed by atoms with E-state index < -0.39 is 0 Å². The van der Waals surface area contributed by atoms with Gasteiger partial charge in [0.15, 0.2) is 5.78 Å². The zero-order valence-electron chi connectivity index (χ0n) is 28.9. The number of benzene rings is 1. The lowest BCUT2D eigenvalue weighted by Gasteiger charge is -2.72. The summed E-state index contributed by atoms with van der Waals surface area (Å²) in [5, 5.41) is 11.8. The van der Waals surface area contributed by atoms with E-state index in [4.69, 9.17) is 11.6 Å². The average Bonchev–Trinajstić information content (AvgIpc) is 3.35. The summed E-state index contributed by atoms with van der Waals surface area (Å²) >= 11 is 6.25. The molecule has 4 saturated carbocycles. The van der Waals surface area contributed by atoms with Crippen molar-refractivity contribution in [1.82, 2.24) is 0 Å². The first-order chi connectivity index (χ1) is 20.6. The van der Waals surface area contributed by atoms with E-state index in [1.54, 1.807) is 11.1 Å². The molecule has 9 atom stereocenters. The van der Waals surface area contributed by atoms with Crippen LogP contribution in [0.3, 0.4) is 0 Å². The van der Waals surface area contributed by atoms with E-state index in [1.807, 2.05) is 24.3 Å².